The number of rotatable bonds is 6. The first-order chi connectivity index (χ1) is 7.15. The Hall–Kier alpha value is 0.390. The Kier molecular flexibility index (Phi) is 5.57. The summed E-state index contributed by atoms with van der Waals surface area (Å²) in [5, 5.41) is 10.3. The molecule has 5 heteroatoms. The van der Waals surface area contributed by atoms with Crippen LogP contribution in [0, 0.1) is 12.3 Å². The lowest BCUT2D eigenvalue weighted by atomic mass is 9.87. The Bertz CT molecular complexity index is 289. The molecule has 2 nitrogen and oxygen atoms in total. The van der Waals surface area contributed by atoms with Gasteiger partial charge in [0.05, 0.1) is 0 Å². The summed E-state index contributed by atoms with van der Waals surface area (Å²) in [5.74, 6) is 1.12. The second-order valence-electron chi connectivity index (χ2n) is 3.72. The van der Waals surface area contributed by atoms with E-state index in [2.05, 4.69) is 40.0 Å². The largest absolute Gasteiger partial charge is 0.174 e. The van der Waals surface area contributed by atoms with Crippen LogP contribution in [0.1, 0.15) is 31.7 Å². The SMILES string of the molecule is CCC(CC)(CBr)CSc1nnc(C)s1. The van der Waals surface area contributed by atoms with E-state index in [0.717, 1.165) is 20.4 Å². The summed E-state index contributed by atoms with van der Waals surface area (Å²) in [6, 6.07) is 0. The van der Waals surface area contributed by atoms with Crippen molar-refractivity contribution in [3.63, 3.8) is 0 Å². The molecule has 1 aromatic heterocycles. The normalized spacial score (nSPS) is 12.0. The lowest BCUT2D eigenvalue weighted by Gasteiger charge is -2.28. The van der Waals surface area contributed by atoms with Gasteiger partial charge in [-0.05, 0) is 25.2 Å². The second kappa shape index (κ2) is 6.21. The van der Waals surface area contributed by atoms with Gasteiger partial charge in [-0.25, -0.2) is 0 Å². The predicted octanol–water partition coefficient (Wildman–Crippen LogP) is 4.14. The molecule has 0 N–H and O–H groups in total. The Labute approximate surface area is 108 Å². The van der Waals surface area contributed by atoms with Gasteiger partial charge >= 0.3 is 0 Å². The molecule has 0 saturated heterocycles. The quantitative estimate of drug-likeness (QED) is 0.583. The van der Waals surface area contributed by atoms with Crippen LogP contribution in [0.25, 0.3) is 0 Å². The number of aryl methyl sites for hydroxylation is 1. The standard InChI is InChI=1S/C10H17BrN2S2/c1-4-10(5-2,6-11)7-14-9-13-12-8(3)15-9/h4-7H2,1-3H3. The Balaban J connectivity index is 2.54. The molecule has 0 unspecified atom stereocenters. The zero-order valence-corrected chi connectivity index (χ0v) is 12.6. The van der Waals surface area contributed by atoms with Crippen molar-refractivity contribution < 1.29 is 0 Å². The Morgan fingerprint density at radius 2 is 2.00 bits per heavy atom. The van der Waals surface area contributed by atoms with Crippen molar-refractivity contribution in [1.82, 2.24) is 10.2 Å². The monoisotopic (exact) mass is 308 g/mol. The van der Waals surface area contributed by atoms with Crippen LogP contribution in [0.4, 0.5) is 0 Å². The Morgan fingerprint density at radius 3 is 2.40 bits per heavy atom. The first-order valence-electron chi connectivity index (χ1n) is 5.14. The van der Waals surface area contributed by atoms with E-state index in [1.807, 2.05) is 18.7 Å². The number of nitrogens with zero attached hydrogens (tertiary/aromatic N) is 2. The lowest BCUT2D eigenvalue weighted by molar-refractivity contribution is 0.359. The van der Waals surface area contributed by atoms with Crippen LogP contribution in [0.15, 0.2) is 4.34 Å². The molecule has 0 aliphatic heterocycles. The number of alkyl halides is 1. The number of halogens is 1. The molecule has 86 valence electrons. The van der Waals surface area contributed by atoms with Crippen molar-refractivity contribution in [2.45, 2.75) is 38.0 Å². The minimum absolute atomic E-state index is 0.407. The minimum Gasteiger partial charge on any atom is -0.143 e. The highest BCUT2D eigenvalue weighted by molar-refractivity contribution is 9.09. The highest BCUT2D eigenvalue weighted by Crippen LogP contribution is 2.36. The first-order valence-corrected chi connectivity index (χ1v) is 8.07. The van der Waals surface area contributed by atoms with Gasteiger partial charge in [0.2, 0.25) is 0 Å². The third-order valence-corrected chi connectivity index (χ3v) is 6.30. The van der Waals surface area contributed by atoms with E-state index in [0.29, 0.717) is 5.41 Å². The van der Waals surface area contributed by atoms with Gasteiger partial charge in [-0.3, -0.25) is 0 Å². The van der Waals surface area contributed by atoms with E-state index < -0.39 is 0 Å². The van der Waals surface area contributed by atoms with E-state index in [1.54, 1.807) is 11.3 Å². The van der Waals surface area contributed by atoms with E-state index in [1.165, 1.54) is 12.8 Å². The van der Waals surface area contributed by atoms with Gasteiger partial charge in [-0.1, -0.05) is 52.9 Å². The van der Waals surface area contributed by atoms with Gasteiger partial charge < -0.3 is 0 Å². The summed E-state index contributed by atoms with van der Waals surface area (Å²) in [4.78, 5) is 0. The highest BCUT2D eigenvalue weighted by Gasteiger charge is 2.25. The van der Waals surface area contributed by atoms with Crippen molar-refractivity contribution in [1.29, 1.82) is 0 Å². The average molecular weight is 309 g/mol. The van der Waals surface area contributed by atoms with Crippen molar-refractivity contribution in [2.24, 2.45) is 5.41 Å². The van der Waals surface area contributed by atoms with Crippen LogP contribution in [-0.4, -0.2) is 21.3 Å². The fraction of sp³-hybridized carbons (Fsp3) is 0.800. The van der Waals surface area contributed by atoms with Crippen LogP contribution in [0.3, 0.4) is 0 Å². The molecular weight excluding hydrogens is 292 g/mol. The molecule has 0 fully saturated rings. The molecule has 0 aliphatic rings. The van der Waals surface area contributed by atoms with Gasteiger partial charge in [-0.2, -0.15) is 0 Å². The van der Waals surface area contributed by atoms with E-state index in [9.17, 15) is 0 Å². The molecule has 0 bridgehead atoms. The zero-order chi connectivity index (χ0) is 11.3. The van der Waals surface area contributed by atoms with Gasteiger partial charge in [0.25, 0.3) is 0 Å². The van der Waals surface area contributed by atoms with Crippen LogP contribution in [0.2, 0.25) is 0 Å². The van der Waals surface area contributed by atoms with E-state index in [-0.39, 0.29) is 0 Å². The molecule has 1 aromatic rings. The molecule has 0 radical (unpaired) electrons. The first kappa shape index (κ1) is 13.5. The van der Waals surface area contributed by atoms with Crippen molar-refractivity contribution in [3.05, 3.63) is 5.01 Å². The maximum absolute atomic E-state index is 4.14. The number of thioether (sulfide) groups is 1. The maximum atomic E-state index is 4.14. The molecule has 0 saturated carbocycles. The van der Waals surface area contributed by atoms with Crippen LogP contribution in [0.5, 0.6) is 0 Å². The maximum Gasteiger partial charge on any atom is 0.174 e. The van der Waals surface area contributed by atoms with Crippen LogP contribution in [-0.2, 0) is 0 Å². The van der Waals surface area contributed by atoms with Crippen molar-refractivity contribution in [3.8, 4) is 0 Å². The molecule has 0 aromatic carbocycles. The molecular formula is C10H17BrN2S2. The van der Waals surface area contributed by atoms with Gasteiger partial charge in [-0.15, -0.1) is 10.2 Å². The topological polar surface area (TPSA) is 25.8 Å². The van der Waals surface area contributed by atoms with Crippen LogP contribution < -0.4 is 0 Å². The number of hydrogen-bond acceptors (Lipinski definition) is 4. The van der Waals surface area contributed by atoms with E-state index >= 15 is 0 Å². The third-order valence-electron chi connectivity index (χ3n) is 2.79. The number of hydrogen-bond donors (Lipinski definition) is 0. The summed E-state index contributed by atoms with van der Waals surface area (Å²) in [6.45, 7) is 6.52. The van der Waals surface area contributed by atoms with Gasteiger partial charge in [0.15, 0.2) is 4.34 Å². The van der Waals surface area contributed by atoms with Gasteiger partial charge in [0.1, 0.15) is 5.01 Å². The summed E-state index contributed by atoms with van der Waals surface area (Å²) >= 11 is 7.15. The summed E-state index contributed by atoms with van der Waals surface area (Å²) in [6.07, 6.45) is 2.42. The molecule has 1 rings (SSSR count). The minimum atomic E-state index is 0.407. The number of aromatic nitrogens is 2. The smallest absolute Gasteiger partial charge is 0.143 e. The predicted molar refractivity (Wildman–Crippen MR) is 72.2 cm³/mol. The molecule has 0 aliphatic carbocycles. The van der Waals surface area contributed by atoms with Crippen LogP contribution >= 0.6 is 39.0 Å². The molecule has 0 spiro atoms. The van der Waals surface area contributed by atoms with Gasteiger partial charge in [0, 0.05) is 11.1 Å². The summed E-state index contributed by atoms with van der Waals surface area (Å²) in [5.41, 5.74) is 0.407. The lowest BCUT2D eigenvalue weighted by Crippen LogP contribution is -2.23. The fourth-order valence-electron chi connectivity index (χ4n) is 1.23. The van der Waals surface area contributed by atoms with Crippen molar-refractivity contribution in [2.75, 3.05) is 11.1 Å². The zero-order valence-electron chi connectivity index (χ0n) is 9.42. The summed E-state index contributed by atoms with van der Waals surface area (Å²) < 4.78 is 1.10. The molecule has 1 heterocycles. The highest BCUT2D eigenvalue weighted by atomic mass is 79.9. The van der Waals surface area contributed by atoms with Crippen molar-refractivity contribution >= 4 is 39.0 Å². The fourth-order valence-corrected chi connectivity index (χ4v) is 4.72. The average Bonchev–Trinajstić information content (AvgIpc) is 2.67. The molecule has 0 amide bonds. The molecule has 15 heavy (non-hydrogen) atoms. The summed E-state index contributed by atoms with van der Waals surface area (Å²) in [7, 11) is 0. The van der Waals surface area contributed by atoms with E-state index in [4.69, 9.17) is 0 Å². The molecule has 0 atom stereocenters. The third kappa shape index (κ3) is 3.71. The second-order valence-corrected chi connectivity index (χ2v) is 6.68. The Morgan fingerprint density at radius 1 is 1.33 bits per heavy atom.